The third-order valence-corrected chi connectivity index (χ3v) is 5.19. The molecule has 0 aliphatic heterocycles. The van der Waals surface area contributed by atoms with Crippen molar-refractivity contribution in [1.29, 1.82) is 0 Å². The van der Waals surface area contributed by atoms with E-state index in [9.17, 15) is 4.79 Å². The number of imidazole rings is 1. The van der Waals surface area contributed by atoms with E-state index < -0.39 is 0 Å². The molecule has 3 aromatic heterocycles. The number of benzene rings is 1. The number of fused-ring (bicyclic) bond motifs is 1. The van der Waals surface area contributed by atoms with Crippen LogP contribution < -0.4 is 5.32 Å². The van der Waals surface area contributed by atoms with Crippen LogP contribution in [0.1, 0.15) is 11.5 Å². The molecule has 136 valence electrons. The number of pyridine rings is 1. The molecule has 0 saturated carbocycles. The van der Waals surface area contributed by atoms with Crippen LogP contribution in [0, 0.1) is 6.92 Å². The normalized spacial score (nSPS) is 11.0. The van der Waals surface area contributed by atoms with Crippen LogP contribution in [0.4, 0.5) is 0 Å². The first-order chi connectivity index (χ1) is 13.2. The van der Waals surface area contributed by atoms with E-state index in [1.807, 2.05) is 54.8 Å². The largest absolute Gasteiger partial charge is 0.354 e. The van der Waals surface area contributed by atoms with Crippen LogP contribution >= 0.6 is 11.3 Å². The molecule has 0 saturated heterocycles. The average Bonchev–Trinajstić information content (AvgIpc) is 3.27. The Labute approximate surface area is 160 Å². The lowest BCUT2D eigenvalue weighted by atomic mass is 10.3. The van der Waals surface area contributed by atoms with Crippen LogP contribution in [0.3, 0.4) is 0 Å². The molecule has 1 amide bonds. The number of aromatic nitrogens is 4. The van der Waals surface area contributed by atoms with Gasteiger partial charge in [0.15, 0.2) is 0 Å². The Kier molecular flexibility index (Phi) is 4.93. The molecule has 0 radical (unpaired) electrons. The van der Waals surface area contributed by atoms with Gasteiger partial charge in [-0.2, -0.15) is 0 Å². The van der Waals surface area contributed by atoms with Gasteiger partial charge in [0.1, 0.15) is 10.8 Å². The van der Waals surface area contributed by atoms with Gasteiger partial charge in [0.2, 0.25) is 5.91 Å². The van der Waals surface area contributed by atoms with Gasteiger partial charge in [-0.1, -0.05) is 18.2 Å². The molecule has 0 bridgehead atoms. The highest BCUT2D eigenvalue weighted by atomic mass is 32.1. The smallest absolute Gasteiger partial charge is 0.226 e. The molecule has 1 aromatic carbocycles. The lowest BCUT2D eigenvalue weighted by Crippen LogP contribution is -2.28. The molecule has 0 atom stereocenters. The summed E-state index contributed by atoms with van der Waals surface area (Å²) in [5.41, 5.74) is 3.66. The molecule has 0 fully saturated rings. The van der Waals surface area contributed by atoms with Gasteiger partial charge >= 0.3 is 0 Å². The number of amides is 1. The molecule has 1 N–H and O–H groups in total. The van der Waals surface area contributed by atoms with E-state index in [0.717, 1.165) is 33.3 Å². The second-order valence-electron chi connectivity index (χ2n) is 6.19. The Balaban J connectivity index is 1.34. The zero-order valence-electron chi connectivity index (χ0n) is 14.9. The van der Waals surface area contributed by atoms with Gasteiger partial charge in [0.25, 0.3) is 0 Å². The van der Waals surface area contributed by atoms with Crippen LogP contribution in [0.2, 0.25) is 0 Å². The fraction of sp³-hybridized carbons (Fsp3) is 0.200. The molecule has 3 heterocycles. The van der Waals surface area contributed by atoms with Crippen molar-refractivity contribution in [2.24, 2.45) is 0 Å². The number of rotatable bonds is 6. The van der Waals surface area contributed by atoms with Gasteiger partial charge in [-0.05, 0) is 31.2 Å². The average molecular weight is 377 g/mol. The lowest BCUT2D eigenvalue weighted by molar-refractivity contribution is -0.120. The molecule has 0 aliphatic carbocycles. The highest BCUT2D eigenvalue weighted by Crippen LogP contribution is 2.21. The van der Waals surface area contributed by atoms with Crippen LogP contribution in [-0.4, -0.2) is 32.0 Å². The monoisotopic (exact) mass is 377 g/mol. The Morgan fingerprint density at radius 2 is 2.00 bits per heavy atom. The molecule has 4 aromatic rings. The summed E-state index contributed by atoms with van der Waals surface area (Å²) in [5.74, 6) is 0.917. The maximum Gasteiger partial charge on any atom is 0.226 e. The fourth-order valence-electron chi connectivity index (χ4n) is 3.01. The Morgan fingerprint density at radius 1 is 1.15 bits per heavy atom. The Morgan fingerprint density at radius 3 is 2.85 bits per heavy atom. The zero-order chi connectivity index (χ0) is 18.6. The summed E-state index contributed by atoms with van der Waals surface area (Å²) < 4.78 is 2.12. The van der Waals surface area contributed by atoms with Crippen LogP contribution in [-0.2, 0) is 17.8 Å². The minimum Gasteiger partial charge on any atom is -0.354 e. The molecule has 0 spiro atoms. The van der Waals surface area contributed by atoms with Gasteiger partial charge < -0.3 is 9.88 Å². The Hall–Kier alpha value is -3.06. The van der Waals surface area contributed by atoms with Crippen molar-refractivity contribution in [3.8, 4) is 10.7 Å². The number of thiazole rings is 1. The highest BCUT2D eigenvalue weighted by Gasteiger charge is 2.10. The van der Waals surface area contributed by atoms with Crippen molar-refractivity contribution in [2.75, 3.05) is 6.54 Å². The van der Waals surface area contributed by atoms with Gasteiger partial charge in [0.05, 0.1) is 28.8 Å². The number of nitrogens with zero attached hydrogens (tertiary/aromatic N) is 4. The predicted molar refractivity (Wildman–Crippen MR) is 107 cm³/mol. The third kappa shape index (κ3) is 3.88. The lowest BCUT2D eigenvalue weighted by Gasteiger charge is -2.08. The fourth-order valence-corrected chi connectivity index (χ4v) is 3.80. The summed E-state index contributed by atoms with van der Waals surface area (Å²) in [6, 6.07) is 13.7. The van der Waals surface area contributed by atoms with E-state index in [1.165, 1.54) is 11.3 Å². The van der Waals surface area contributed by atoms with E-state index >= 15 is 0 Å². The highest BCUT2D eigenvalue weighted by molar-refractivity contribution is 7.13. The SMILES string of the molecule is Cc1nc2ccccc2n1CCNC(=O)Cc1csc(-c2ccccn2)n1. The topological polar surface area (TPSA) is 72.7 Å². The minimum absolute atomic E-state index is 0.0325. The van der Waals surface area contributed by atoms with E-state index in [0.29, 0.717) is 13.1 Å². The maximum atomic E-state index is 12.2. The summed E-state index contributed by atoms with van der Waals surface area (Å²) in [7, 11) is 0. The molecule has 7 heteroatoms. The van der Waals surface area contributed by atoms with Crippen molar-refractivity contribution >= 4 is 28.3 Å². The summed E-state index contributed by atoms with van der Waals surface area (Å²) in [4.78, 5) is 25.6. The third-order valence-electron chi connectivity index (χ3n) is 4.28. The van der Waals surface area contributed by atoms with Gasteiger partial charge in [-0.25, -0.2) is 9.97 Å². The second-order valence-corrected chi connectivity index (χ2v) is 7.04. The predicted octanol–water partition coefficient (Wildman–Crippen LogP) is 3.22. The molecule has 0 unspecified atom stereocenters. The number of hydrogen-bond donors (Lipinski definition) is 1. The summed E-state index contributed by atoms with van der Waals surface area (Å²) in [6.45, 7) is 3.22. The van der Waals surface area contributed by atoms with Crippen LogP contribution in [0.5, 0.6) is 0 Å². The molecule has 4 rings (SSSR count). The summed E-state index contributed by atoms with van der Waals surface area (Å²) in [6.07, 6.45) is 2.01. The number of hydrogen-bond acceptors (Lipinski definition) is 5. The van der Waals surface area contributed by atoms with Crippen molar-refractivity contribution in [3.05, 3.63) is 65.6 Å². The van der Waals surface area contributed by atoms with Gasteiger partial charge in [0, 0.05) is 24.7 Å². The van der Waals surface area contributed by atoms with Crippen LogP contribution in [0.15, 0.2) is 54.0 Å². The van der Waals surface area contributed by atoms with E-state index in [4.69, 9.17) is 0 Å². The molecular formula is C20H19N5OS. The van der Waals surface area contributed by atoms with Gasteiger partial charge in [-0.15, -0.1) is 11.3 Å². The number of para-hydroxylation sites is 2. The second kappa shape index (κ2) is 7.67. The standard InChI is InChI=1S/C20H19N5OS/c1-14-23-16-6-2-3-8-18(16)25(14)11-10-22-19(26)12-15-13-27-20(24-15)17-7-4-5-9-21-17/h2-9,13H,10-12H2,1H3,(H,22,26). The van der Waals surface area contributed by atoms with Crippen LogP contribution in [0.25, 0.3) is 21.7 Å². The number of carbonyl (C=O) groups is 1. The summed E-state index contributed by atoms with van der Waals surface area (Å²) in [5, 5.41) is 5.72. The first-order valence-electron chi connectivity index (χ1n) is 8.75. The van der Waals surface area contributed by atoms with E-state index in [1.54, 1.807) is 6.20 Å². The zero-order valence-corrected chi connectivity index (χ0v) is 15.7. The van der Waals surface area contributed by atoms with E-state index in [2.05, 4.69) is 24.8 Å². The Bertz CT molecular complexity index is 1070. The van der Waals surface area contributed by atoms with Crippen molar-refractivity contribution in [2.45, 2.75) is 19.9 Å². The number of nitrogens with one attached hydrogen (secondary N) is 1. The van der Waals surface area contributed by atoms with Crippen molar-refractivity contribution < 1.29 is 4.79 Å². The first-order valence-corrected chi connectivity index (χ1v) is 9.63. The quantitative estimate of drug-likeness (QED) is 0.560. The number of aryl methyl sites for hydroxylation is 1. The first kappa shape index (κ1) is 17.4. The van der Waals surface area contributed by atoms with E-state index in [-0.39, 0.29) is 12.3 Å². The van der Waals surface area contributed by atoms with Crippen molar-refractivity contribution in [1.82, 2.24) is 24.8 Å². The molecule has 27 heavy (non-hydrogen) atoms. The maximum absolute atomic E-state index is 12.2. The molecular weight excluding hydrogens is 358 g/mol. The molecule has 6 nitrogen and oxygen atoms in total. The van der Waals surface area contributed by atoms with Crippen molar-refractivity contribution in [3.63, 3.8) is 0 Å². The summed E-state index contributed by atoms with van der Waals surface area (Å²) >= 11 is 1.50. The van der Waals surface area contributed by atoms with Gasteiger partial charge in [-0.3, -0.25) is 9.78 Å². The molecule has 0 aliphatic rings. The number of carbonyl (C=O) groups excluding carboxylic acids is 1. The minimum atomic E-state index is -0.0325.